The molecule has 11 heteroatoms. The lowest BCUT2D eigenvalue weighted by atomic mass is 9.85. The van der Waals surface area contributed by atoms with Gasteiger partial charge in [0.15, 0.2) is 0 Å². The highest BCUT2D eigenvalue weighted by Crippen LogP contribution is 2.34. The molecule has 3 aromatic heterocycles. The van der Waals surface area contributed by atoms with Crippen molar-refractivity contribution in [2.24, 2.45) is 0 Å². The number of aromatic nitrogens is 6. The predicted molar refractivity (Wildman–Crippen MR) is 93.0 cm³/mol. The lowest BCUT2D eigenvalue weighted by Crippen LogP contribution is -2.28. The van der Waals surface area contributed by atoms with Crippen LogP contribution in [0, 0.1) is 0 Å². The van der Waals surface area contributed by atoms with Crippen molar-refractivity contribution in [3.05, 3.63) is 36.2 Å². The Morgan fingerprint density at radius 2 is 1.93 bits per heavy atom. The van der Waals surface area contributed by atoms with E-state index in [4.69, 9.17) is 4.74 Å². The van der Waals surface area contributed by atoms with Crippen molar-refractivity contribution in [1.82, 2.24) is 29.5 Å². The summed E-state index contributed by atoms with van der Waals surface area (Å²) in [5.74, 6) is 1.55. The van der Waals surface area contributed by atoms with E-state index in [2.05, 4.69) is 30.5 Å². The molecule has 0 radical (unpaired) electrons. The molecule has 4 rings (SSSR count). The van der Waals surface area contributed by atoms with Gasteiger partial charge in [0.25, 0.3) is 5.88 Å². The minimum Gasteiger partial charge on any atom is -0.478 e. The van der Waals surface area contributed by atoms with E-state index >= 15 is 0 Å². The number of rotatable bonds is 4. The maximum Gasteiger partial charge on any atom is 0.419 e. The molecular weight excluding hydrogens is 375 g/mol. The number of methoxy groups -OCH3 is 1. The number of hydrogen-bond acceptors (Lipinski definition) is 7. The van der Waals surface area contributed by atoms with Crippen LogP contribution < -0.4 is 10.1 Å². The van der Waals surface area contributed by atoms with Crippen LogP contribution in [0.3, 0.4) is 0 Å². The minimum atomic E-state index is -4.45. The zero-order valence-corrected chi connectivity index (χ0v) is 15.0. The van der Waals surface area contributed by atoms with Crippen LogP contribution in [-0.4, -0.2) is 42.7 Å². The Labute approximate surface area is 158 Å². The number of nitrogens with one attached hydrogen (secondary N) is 1. The molecule has 1 aliphatic carbocycles. The first kappa shape index (κ1) is 18.4. The summed E-state index contributed by atoms with van der Waals surface area (Å²) in [6, 6.07) is 0.0339. The molecule has 2 atom stereocenters. The van der Waals surface area contributed by atoms with E-state index in [-0.39, 0.29) is 17.9 Å². The van der Waals surface area contributed by atoms with Crippen molar-refractivity contribution < 1.29 is 17.9 Å². The van der Waals surface area contributed by atoms with Crippen LogP contribution >= 0.6 is 0 Å². The molecule has 1 aliphatic rings. The predicted octanol–water partition coefficient (Wildman–Crippen LogP) is 3.08. The molecule has 0 aromatic carbocycles. The zero-order chi connectivity index (χ0) is 19.7. The van der Waals surface area contributed by atoms with Gasteiger partial charge in [0, 0.05) is 36.7 Å². The van der Waals surface area contributed by atoms with Gasteiger partial charge in [0.05, 0.1) is 12.7 Å². The van der Waals surface area contributed by atoms with Crippen LogP contribution in [0.1, 0.15) is 43.0 Å². The van der Waals surface area contributed by atoms with Gasteiger partial charge in [0.1, 0.15) is 5.82 Å². The maximum atomic E-state index is 12.6. The van der Waals surface area contributed by atoms with Gasteiger partial charge in [-0.25, -0.2) is 15.0 Å². The van der Waals surface area contributed by atoms with Gasteiger partial charge in [-0.2, -0.15) is 13.2 Å². The van der Waals surface area contributed by atoms with Crippen LogP contribution in [0.5, 0.6) is 5.88 Å². The molecule has 0 unspecified atom stereocenters. The SMILES string of the molecule is COc1nccn2c([C@H]3CCC[C@@H](Nc4ncc(C(F)(F)F)cn4)C3)nnc12. The van der Waals surface area contributed by atoms with Crippen molar-refractivity contribution in [3.63, 3.8) is 0 Å². The molecule has 0 bridgehead atoms. The highest BCUT2D eigenvalue weighted by Gasteiger charge is 2.32. The summed E-state index contributed by atoms with van der Waals surface area (Å²) in [6.45, 7) is 0. The number of anilines is 1. The molecule has 0 saturated heterocycles. The van der Waals surface area contributed by atoms with Crippen LogP contribution in [0.15, 0.2) is 24.8 Å². The molecule has 0 amide bonds. The Balaban J connectivity index is 1.49. The normalized spacial score (nSPS) is 20.3. The van der Waals surface area contributed by atoms with Gasteiger partial charge in [-0.05, 0) is 19.3 Å². The monoisotopic (exact) mass is 393 g/mol. The van der Waals surface area contributed by atoms with E-state index in [1.54, 1.807) is 12.4 Å². The largest absolute Gasteiger partial charge is 0.478 e. The molecular formula is C17H18F3N7O. The van der Waals surface area contributed by atoms with Gasteiger partial charge < -0.3 is 10.1 Å². The zero-order valence-electron chi connectivity index (χ0n) is 15.0. The second kappa shape index (κ2) is 7.21. The summed E-state index contributed by atoms with van der Waals surface area (Å²) in [4.78, 5) is 11.7. The van der Waals surface area contributed by atoms with E-state index in [0.29, 0.717) is 11.5 Å². The lowest BCUT2D eigenvalue weighted by molar-refractivity contribution is -0.138. The van der Waals surface area contributed by atoms with E-state index in [1.165, 1.54) is 7.11 Å². The molecule has 28 heavy (non-hydrogen) atoms. The average molecular weight is 393 g/mol. The highest BCUT2D eigenvalue weighted by atomic mass is 19.4. The highest BCUT2D eigenvalue weighted by molar-refractivity contribution is 5.48. The third-order valence-corrected chi connectivity index (χ3v) is 4.87. The summed E-state index contributed by atoms with van der Waals surface area (Å²) < 4.78 is 45.0. The van der Waals surface area contributed by atoms with E-state index in [9.17, 15) is 13.2 Å². The Kier molecular flexibility index (Phi) is 4.73. The van der Waals surface area contributed by atoms with E-state index in [1.807, 2.05) is 4.40 Å². The Morgan fingerprint density at radius 3 is 2.64 bits per heavy atom. The molecule has 1 N–H and O–H groups in total. The number of ether oxygens (including phenoxy) is 1. The molecule has 1 saturated carbocycles. The van der Waals surface area contributed by atoms with Crippen LogP contribution in [-0.2, 0) is 6.18 Å². The third kappa shape index (κ3) is 3.56. The molecule has 148 valence electrons. The maximum absolute atomic E-state index is 12.6. The van der Waals surface area contributed by atoms with Gasteiger partial charge in [-0.15, -0.1) is 10.2 Å². The number of nitrogens with zero attached hydrogens (tertiary/aromatic N) is 6. The van der Waals surface area contributed by atoms with Crippen LogP contribution in [0.2, 0.25) is 0 Å². The summed E-state index contributed by atoms with van der Waals surface area (Å²) in [7, 11) is 1.53. The standard InChI is InChI=1S/C17H18F3N7O/c1-28-15-14-26-25-13(27(14)6-5-21-15)10-3-2-4-12(7-10)24-16-22-8-11(9-23-16)17(18,19)20/h5-6,8-10,12H,2-4,7H2,1H3,(H,22,23,24)/t10-,12+/m0/s1. The number of hydrogen-bond donors (Lipinski definition) is 1. The molecule has 1 fully saturated rings. The fourth-order valence-corrected chi connectivity index (χ4v) is 3.53. The Bertz CT molecular complexity index is 958. The smallest absolute Gasteiger partial charge is 0.419 e. The third-order valence-electron chi connectivity index (χ3n) is 4.87. The van der Waals surface area contributed by atoms with Gasteiger partial charge >= 0.3 is 6.18 Å². The van der Waals surface area contributed by atoms with Crippen LogP contribution in [0.25, 0.3) is 5.65 Å². The fourth-order valence-electron chi connectivity index (χ4n) is 3.53. The first-order valence-electron chi connectivity index (χ1n) is 8.85. The summed E-state index contributed by atoms with van der Waals surface area (Å²) >= 11 is 0. The lowest BCUT2D eigenvalue weighted by Gasteiger charge is -2.28. The molecule has 0 aliphatic heterocycles. The topological polar surface area (TPSA) is 90.1 Å². The number of alkyl halides is 3. The average Bonchev–Trinajstić information content (AvgIpc) is 3.12. The van der Waals surface area contributed by atoms with Gasteiger partial charge in [0.2, 0.25) is 11.6 Å². The quantitative estimate of drug-likeness (QED) is 0.728. The first-order valence-corrected chi connectivity index (χ1v) is 8.85. The fraction of sp³-hybridized carbons (Fsp3) is 0.471. The first-order chi connectivity index (χ1) is 13.5. The second-order valence-corrected chi connectivity index (χ2v) is 6.69. The molecule has 3 aromatic rings. The Hall–Kier alpha value is -2.98. The second-order valence-electron chi connectivity index (χ2n) is 6.69. The van der Waals surface area contributed by atoms with E-state index in [0.717, 1.165) is 43.9 Å². The van der Waals surface area contributed by atoms with E-state index < -0.39 is 11.7 Å². The van der Waals surface area contributed by atoms with Crippen molar-refractivity contribution in [2.45, 2.75) is 43.8 Å². The number of halogens is 3. The summed E-state index contributed by atoms with van der Waals surface area (Å²) in [5.41, 5.74) is -0.307. The summed E-state index contributed by atoms with van der Waals surface area (Å²) in [6.07, 6.45) is 4.08. The minimum absolute atomic E-state index is 0.0339. The summed E-state index contributed by atoms with van der Waals surface area (Å²) in [5, 5.41) is 11.6. The van der Waals surface area contributed by atoms with Gasteiger partial charge in [-0.3, -0.25) is 4.40 Å². The van der Waals surface area contributed by atoms with Crippen molar-refractivity contribution in [3.8, 4) is 5.88 Å². The van der Waals surface area contributed by atoms with Crippen molar-refractivity contribution >= 4 is 11.6 Å². The van der Waals surface area contributed by atoms with Crippen molar-refractivity contribution in [1.29, 1.82) is 0 Å². The Morgan fingerprint density at radius 1 is 1.14 bits per heavy atom. The molecule has 8 nitrogen and oxygen atoms in total. The van der Waals surface area contributed by atoms with Crippen molar-refractivity contribution in [2.75, 3.05) is 12.4 Å². The molecule has 0 spiro atoms. The molecule has 3 heterocycles. The van der Waals surface area contributed by atoms with Gasteiger partial charge in [-0.1, -0.05) is 6.42 Å². The number of fused-ring (bicyclic) bond motifs is 1. The van der Waals surface area contributed by atoms with Crippen LogP contribution in [0.4, 0.5) is 19.1 Å².